The number of fused-ring (bicyclic) bond motifs is 4. The summed E-state index contributed by atoms with van der Waals surface area (Å²) in [6.07, 6.45) is 1.57. The predicted octanol–water partition coefficient (Wildman–Crippen LogP) is 4.35. The van der Waals surface area contributed by atoms with Crippen LogP contribution in [0.1, 0.15) is 73.6 Å². The molecule has 0 spiro atoms. The van der Waals surface area contributed by atoms with Gasteiger partial charge in [0.25, 0.3) is 12.0 Å². The first kappa shape index (κ1) is 23.7. The highest BCUT2D eigenvalue weighted by Gasteiger charge is 2.49. The SMILES string of the molecule is Cc1nc(NC(N)c2cccc(C(F)F)c2F)c2cn(C34CCC(O)(CC3)CC4)c(=O)c(C)c2n1. The molecule has 2 heterocycles. The molecule has 35 heavy (non-hydrogen) atoms. The smallest absolute Gasteiger partial charge is 0.266 e. The third kappa shape index (κ3) is 3.88. The second-order valence-electron chi connectivity index (χ2n) is 9.93. The minimum absolute atomic E-state index is 0.116. The van der Waals surface area contributed by atoms with E-state index in [1.54, 1.807) is 24.6 Å². The van der Waals surface area contributed by atoms with Gasteiger partial charge in [-0.3, -0.25) is 4.79 Å². The summed E-state index contributed by atoms with van der Waals surface area (Å²) in [6.45, 7) is 3.38. The molecule has 10 heteroatoms. The highest BCUT2D eigenvalue weighted by molar-refractivity contribution is 5.90. The molecule has 186 valence electrons. The molecular formula is C25H28F3N5O2. The molecule has 0 saturated heterocycles. The van der Waals surface area contributed by atoms with Crippen molar-refractivity contribution in [3.63, 3.8) is 0 Å². The van der Waals surface area contributed by atoms with Crippen LogP contribution in [0.2, 0.25) is 0 Å². The predicted molar refractivity (Wildman–Crippen MR) is 126 cm³/mol. The molecule has 3 saturated carbocycles. The number of aromatic nitrogens is 3. The summed E-state index contributed by atoms with van der Waals surface area (Å²) >= 11 is 0. The van der Waals surface area contributed by atoms with Gasteiger partial charge in [-0.05, 0) is 52.4 Å². The highest BCUT2D eigenvalue weighted by atomic mass is 19.3. The molecule has 1 unspecified atom stereocenters. The van der Waals surface area contributed by atoms with Crippen LogP contribution < -0.4 is 16.6 Å². The maximum Gasteiger partial charge on any atom is 0.266 e. The summed E-state index contributed by atoms with van der Waals surface area (Å²) in [7, 11) is 0. The second kappa shape index (κ2) is 8.30. The van der Waals surface area contributed by atoms with Crippen LogP contribution in [0.25, 0.3) is 10.9 Å². The van der Waals surface area contributed by atoms with Gasteiger partial charge in [0.1, 0.15) is 23.6 Å². The summed E-state index contributed by atoms with van der Waals surface area (Å²) in [6, 6.07) is 3.71. The van der Waals surface area contributed by atoms with Gasteiger partial charge in [-0.2, -0.15) is 0 Å². The van der Waals surface area contributed by atoms with Crippen molar-refractivity contribution in [1.29, 1.82) is 0 Å². The number of anilines is 1. The Labute approximate surface area is 200 Å². The minimum atomic E-state index is -2.97. The summed E-state index contributed by atoms with van der Waals surface area (Å²) in [5.41, 5.74) is 5.09. The zero-order valence-corrected chi connectivity index (χ0v) is 19.6. The molecule has 0 aliphatic heterocycles. The lowest BCUT2D eigenvalue weighted by molar-refractivity contribution is -0.0865. The van der Waals surface area contributed by atoms with Crippen LogP contribution in [0.3, 0.4) is 0 Å². The molecule has 6 rings (SSSR count). The molecule has 3 fully saturated rings. The van der Waals surface area contributed by atoms with Crippen LogP contribution in [0, 0.1) is 19.7 Å². The van der Waals surface area contributed by atoms with E-state index in [0.29, 0.717) is 66.6 Å². The van der Waals surface area contributed by atoms with E-state index in [0.717, 1.165) is 6.07 Å². The van der Waals surface area contributed by atoms with Crippen molar-refractivity contribution in [2.75, 3.05) is 5.32 Å². The molecule has 2 bridgehead atoms. The monoisotopic (exact) mass is 487 g/mol. The number of alkyl halides is 2. The van der Waals surface area contributed by atoms with Crippen molar-refractivity contribution in [2.45, 2.75) is 76.1 Å². The number of nitrogens with two attached hydrogens (primary N) is 1. The normalized spacial score (nSPS) is 24.8. The van der Waals surface area contributed by atoms with Crippen molar-refractivity contribution in [2.24, 2.45) is 5.73 Å². The average molecular weight is 488 g/mol. The number of hydrogen-bond donors (Lipinski definition) is 3. The van der Waals surface area contributed by atoms with Crippen molar-refractivity contribution >= 4 is 16.7 Å². The van der Waals surface area contributed by atoms with E-state index in [-0.39, 0.29) is 11.1 Å². The first-order valence-electron chi connectivity index (χ1n) is 11.8. The van der Waals surface area contributed by atoms with E-state index >= 15 is 0 Å². The summed E-state index contributed by atoms with van der Waals surface area (Å²) in [4.78, 5) is 22.4. The molecule has 1 atom stereocenters. The summed E-state index contributed by atoms with van der Waals surface area (Å²) in [5, 5.41) is 14.1. The zero-order chi connectivity index (χ0) is 25.1. The van der Waals surface area contributed by atoms with Crippen LogP contribution in [-0.2, 0) is 5.54 Å². The van der Waals surface area contributed by atoms with Gasteiger partial charge >= 0.3 is 0 Å². The quantitative estimate of drug-likeness (QED) is 0.462. The van der Waals surface area contributed by atoms with Crippen molar-refractivity contribution < 1.29 is 18.3 Å². The second-order valence-corrected chi connectivity index (χ2v) is 9.93. The Morgan fingerprint density at radius 3 is 2.34 bits per heavy atom. The largest absolute Gasteiger partial charge is 0.390 e. The van der Waals surface area contributed by atoms with Gasteiger partial charge in [0.2, 0.25) is 0 Å². The van der Waals surface area contributed by atoms with E-state index in [1.165, 1.54) is 12.1 Å². The molecule has 3 aliphatic rings. The lowest BCUT2D eigenvalue weighted by Gasteiger charge is -2.51. The fraction of sp³-hybridized carbons (Fsp3) is 0.480. The molecule has 2 aromatic heterocycles. The lowest BCUT2D eigenvalue weighted by Crippen LogP contribution is -2.53. The fourth-order valence-electron chi connectivity index (χ4n) is 5.63. The maximum absolute atomic E-state index is 14.7. The highest BCUT2D eigenvalue weighted by Crippen LogP contribution is 2.50. The molecule has 3 aromatic rings. The number of nitrogens with zero attached hydrogens (tertiary/aromatic N) is 3. The van der Waals surface area contributed by atoms with Crippen LogP contribution in [0.15, 0.2) is 29.2 Å². The van der Waals surface area contributed by atoms with Gasteiger partial charge in [-0.15, -0.1) is 0 Å². The molecule has 3 aliphatic carbocycles. The van der Waals surface area contributed by atoms with Crippen LogP contribution >= 0.6 is 0 Å². The number of pyridine rings is 1. The Hall–Kier alpha value is -2.98. The van der Waals surface area contributed by atoms with Crippen molar-refractivity contribution in [3.8, 4) is 0 Å². The Bertz CT molecular complexity index is 1350. The topological polar surface area (TPSA) is 106 Å². The van der Waals surface area contributed by atoms with E-state index < -0.39 is 35.1 Å². The van der Waals surface area contributed by atoms with E-state index in [2.05, 4.69) is 15.3 Å². The van der Waals surface area contributed by atoms with Gasteiger partial charge in [-0.25, -0.2) is 23.1 Å². The average Bonchev–Trinajstić information content (AvgIpc) is 2.82. The number of halogens is 3. The maximum atomic E-state index is 14.7. The molecular weight excluding hydrogens is 459 g/mol. The molecule has 4 N–H and O–H groups in total. The first-order valence-corrected chi connectivity index (χ1v) is 11.8. The molecule has 0 amide bonds. The zero-order valence-electron chi connectivity index (χ0n) is 19.6. The number of nitrogens with one attached hydrogen (secondary N) is 1. The number of rotatable bonds is 5. The summed E-state index contributed by atoms with van der Waals surface area (Å²) in [5.74, 6) is -0.396. The Kier molecular flexibility index (Phi) is 5.63. The minimum Gasteiger partial charge on any atom is -0.390 e. The van der Waals surface area contributed by atoms with Crippen LogP contribution in [0.5, 0.6) is 0 Å². The number of aryl methyl sites for hydroxylation is 2. The van der Waals surface area contributed by atoms with Gasteiger partial charge in [-0.1, -0.05) is 18.2 Å². The van der Waals surface area contributed by atoms with Gasteiger partial charge in [0.05, 0.1) is 22.1 Å². The van der Waals surface area contributed by atoms with Crippen LogP contribution in [0.4, 0.5) is 19.0 Å². The Morgan fingerprint density at radius 2 is 1.71 bits per heavy atom. The van der Waals surface area contributed by atoms with E-state index in [9.17, 15) is 23.1 Å². The number of aliphatic hydroxyl groups is 1. The van der Waals surface area contributed by atoms with Crippen molar-refractivity contribution in [3.05, 3.63) is 63.1 Å². The first-order chi connectivity index (χ1) is 16.5. The lowest BCUT2D eigenvalue weighted by atomic mass is 9.63. The Morgan fingerprint density at radius 1 is 1.09 bits per heavy atom. The van der Waals surface area contributed by atoms with E-state index in [4.69, 9.17) is 5.73 Å². The number of benzene rings is 1. The van der Waals surface area contributed by atoms with Gasteiger partial charge in [0.15, 0.2) is 0 Å². The number of hydrogen-bond acceptors (Lipinski definition) is 6. The molecule has 0 radical (unpaired) electrons. The van der Waals surface area contributed by atoms with E-state index in [1.807, 2.05) is 0 Å². The third-order valence-electron chi connectivity index (χ3n) is 7.81. The Balaban J connectivity index is 1.61. The molecule has 1 aromatic carbocycles. The third-order valence-corrected chi connectivity index (χ3v) is 7.81. The standard InChI is InChI=1S/C25H28F3N5O2/c1-13-19-17(12-33(23(13)34)24-6-9-25(35,10-7-24)11-8-24)22(31-14(2)30-19)32-21(29)16-5-3-4-15(18(16)26)20(27)28/h3-5,12,20-21,35H,6-11,29H2,1-2H3,(H,30,31,32). The van der Waals surface area contributed by atoms with Crippen molar-refractivity contribution in [1.82, 2.24) is 14.5 Å². The molecule has 7 nitrogen and oxygen atoms in total. The summed E-state index contributed by atoms with van der Waals surface area (Å²) < 4.78 is 42.9. The van der Waals surface area contributed by atoms with Crippen LogP contribution in [-0.4, -0.2) is 25.2 Å². The fourth-order valence-corrected chi connectivity index (χ4v) is 5.63. The van der Waals surface area contributed by atoms with Gasteiger partial charge < -0.3 is 20.7 Å². The van der Waals surface area contributed by atoms with Gasteiger partial charge in [0, 0.05) is 22.9 Å².